The lowest BCUT2D eigenvalue weighted by Crippen LogP contribution is -2.23. The molecule has 0 heterocycles. The molecule has 5 nitrogen and oxygen atoms in total. The number of amides is 1. The van der Waals surface area contributed by atoms with Crippen LogP contribution in [0, 0.1) is 5.82 Å². The van der Waals surface area contributed by atoms with Gasteiger partial charge in [0.25, 0.3) is 5.91 Å². The lowest BCUT2D eigenvalue weighted by molar-refractivity contribution is 0.0950. The number of rotatable bonds is 6. The molecule has 2 aromatic carbocycles. The average molecular weight is 319 g/mol. The highest BCUT2D eigenvalue weighted by molar-refractivity contribution is 5.94. The third-order valence-electron chi connectivity index (χ3n) is 3.33. The zero-order valence-corrected chi connectivity index (χ0v) is 13.2. The Bertz CT molecular complexity index is 703. The van der Waals surface area contributed by atoms with Crippen LogP contribution < -0.4 is 19.5 Å². The van der Waals surface area contributed by atoms with E-state index in [1.807, 2.05) is 0 Å². The standard InChI is InChI=1S/C17H18FNO4/c1-21-14-7-5-13(18)8-12(14)10-19-17(20)11-4-6-15(22-2)16(9-11)23-3/h4-9H,10H2,1-3H3,(H,19,20). The predicted molar refractivity (Wildman–Crippen MR) is 83.7 cm³/mol. The Hall–Kier alpha value is -2.76. The van der Waals surface area contributed by atoms with Crippen LogP contribution in [-0.2, 0) is 6.54 Å². The molecule has 0 bridgehead atoms. The van der Waals surface area contributed by atoms with Crippen LogP contribution in [0.1, 0.15) is 15.9 Å². The Morgan fingerprint density at radius 1 is 0.957 bits per heavy atom. The monoisotopic (exact) mass is 319 g/mol. The highest BCUT2D eigenvalue weighted by atomic mass is 19.1. The second kappa shape index (κ2) is 7.49. The highest BCUT2D eigenvalue weighted by Gasteiger charge is 2.12. The van der Waals surface area contributed by atoms with Crippen molar-refractivity contribution < 1.29 is 23.4 Å². The van der Waals surface area contributed by atoms with Crippen LogP contribution in [0.2, 0.25) is 0 Å². The van der Waals surface area contributed by atoms with Gasteiger partial charge in [-0.3, -0.25) is 4.79 Å². The second-order valence-corrected chi connectivity index (χ2v) is 4.71. The third kappa shape index (κ3) is 3.91. The molecular weight excluding hydrogens is 301 g/mol. The van der Waals surface area contributed by atoms with Crippen molar-refractivity contribution in [3.05, 3.63) is 53.3 Å². The molecule has 2 aromatic rings. The summed E-state index contributed by atoms with van der Waals surface area (Å²) < 4.78 is 28.8. The first kappa shape index (κ1) is 16.6. The molecule has 0 aromatic heterocycles. The van der Waals surface area contributed by atoms with Crippen LogP contribution in [0.15, 0.2) is 36.4 Å². The van der Waals surface area contributed by atoms with Crippen molar-refractivity contribution >= 4 is 5.91 Å². The molecule has 23 heavy (non-hydrogen) atoms. The summed E-state index contributed by atoms with van der Waals surface area (Å²) in [7, 11) is 4.51. The molecule has 0 atom stereocenters. The normalized spacial score (nSPS) is 10.1. The van der Waals surface area contributed by atoms with Gasteiger partial charge in [0.05, 0.1) is 21.3 Å². The number of halogens is 1. The van der Waals surface area contributed by atoms with Crippen LogP contribution >= 0.6 is 0 Å². The van der Waals surface area contributed by atoms with Gasteiger partial charge in [-0.15, -0.1) is 0 Å². The zero-order valence-electron chi connectivity index (χ0n) is 13.2. The highest BCUT2D eigenvalue weighted by Crippen LogP contribution is 2.27. The number of carbonyl (C=O) groups is 1. The van der Waals surface area contributed by atoms with Crippen LogP contribution in [0.25, 0.3) is 0 Å². The first-order valence-corrected chi connectivity index (χ1v) is 6.91. The van der Waals surface area contributed by atoms with Gasteiger partial charge in [-0.05, 0) is 36.4 Å². The Morgan fingerprint density at radius 2 is 1.61 bits per heavy atom. The Balaban J connectivity index is 2.12. The smallest absolute Gasteiger partial charge is 0.251 e. The number of nitrogens with one attached hydrogen (secondary N) is 1. The largest absolute Gasteiger partial charge is 0.496 e. The SMILES string of the molecule is COc1ccc(F)cc1CNC(=O)c1ccc(OC)c(OC)c1. The van der Waals surface area contributed by atoms with Crippen molar-refractivity contribution in [2.45, 2.75) is 6.54 Å². The topological polar surface area (TPSA) is 56.8 Å². The van der Waals surface area contributed by atoms with Crippen LogP contribution in [0.5, 0.6) is 17.2 Å². The van der Waals surface area contributed by atoms with E-state index in [1.165, 1.54) is 39.5 Å². The minimum Gasteiger partial charge on any atom is -0.496 e. The van der Waals surface area contributed by atoms with E-state index in [0.29, 0.717) is 28.4 Å². The van der Waals surface area contributed by atoms with Gasteiger partial charge in [0.1, 0.15) is 11.6 Å². The zero-order chi connectivity index (χ0) is 16.8. The molecule has 1 N–H and O–H groups in total. The molecule has 0 saturated carbocycles. The molecule has 2 rings (SSSR count). The molecule has 0 aliphatic rings. The van der Waals surface area contributed by atoms with Crippen molar-refractivity contribution in [2.24, 2.45) is 0 Å². The minimum atomic E-state index is -0.388. The lowest BCUT2D eigenvalue weighted by atomic mass is 10.1. The summed E-state index contributed by atoms with van der Waals surface area (Å²) in [6, 6.07) is 9.01. The summed E-state index contributed by atoms with van der Waals surface area (Å²) in [6.07, 6.45) is 0. The first-order valence-electron chi connectivity index (χ1n) is 6.91. The van der Waals surface area contributed by atoms with Crippen molar-refractivity contribution in [1.82, 2.24) is 5.32 Å². The van der Waals surface area contributed by atoms with Crippen molar-refractivity contribution in [2.75, 3.05) is 21.3 Å². The molecule has 0 aliphatic heterocycles. The minimum absolute atomic E-state index is 0.147. The number of hydrogen-bond acceptors (Lipinski definition) is 4. The molecule has 0 radical (unpaired) electrons. The fourth-order valence-corrected chi connectivity index (χ4v) is 2.14. The number of methoxy groups -OCH3 is 3. The Labute approximate surface area is 134 Å². The second-order valence-electron chi connectivity index (χ2n) is 4.71. The number of benzene rings is 2. The molecule has 122 valence electrons. The van der Waals surface area contributed by atoms with Crippen LogP contribution in [0.4, 0.5) is 4.39 Å². The van der Waals surface area contributed by atoms with E-state index in [2.05, 4.69) is 5.32 Å². The number of carbonyl (C=O) groups excluding carboxylic acids is 1. The van der Waals surface area contributed by atoms with E-state index >= 15 is 0 Å². The fraction of sp³-hybridized carbons (Fsp3) is 0.235. The number of hydrogen-bond donors (Lipinski definition) is 1. The summed E-state index contributed by atoms with van der Waals surface area (Å²) in [5, 5.41) is 2.72. The van der Waals surface area contributed by atoms with Gasteiger partial charge in [-0.2, -0.15) is 0 Å². The summed E-state index contributed by atoms with van der Waals surface area (Å²) in [5.41, 5.74) is 0.972. The van der Waals surface area contributed by atoms with Crippen LogP contribution in [-0.4, -0.2) is 27.2 Å². The van der Waals surface area contributed by atoms with Gasteiger partial charge in [0.15, 0.2) is 11.5 Å². The molecule has 6 heteroatoms. The summed E-state index contributed by atoms with van der Waals surface area (Å²) >= 11 is 0. The maximum atomic E-state index is 13.3. The molecule has 0 unspecified atom stereocenters. The van der Waals surface area contributed by atoms with Gasteiger partial charge >= 0.3 is 0 Å². The molecule has 0 aliphatic carbocycles. The van der Waals surface area contributed by atoms with E-state index in [9.17, 15) is 9.18 Å². The maximum Gasteiger partial charge on any atom is 0.251 e. The maximum absolute atomic E-state index is 13.3. The number of ether oxygens (including phenoxy) is 3. The summed E-state index contributed by atoms with van der Waals surface area (Å²) in [5.74, 6) is 0.816. The van der Waals surface area contributed by atoms with Gasteiger partial charge in [0.2, 0.25) is 0 Å². The van der Waals surface area contributed by atoms with Crippen molar-refractivity contribution in [3.63, 3.8) is 0 Å². The summed E-state index contributed by atoms with van der Waals surface area (Å²) in [4.78, 5) is 12.2. The van der Waals surface area contributed by atoms with E-state index in [0.717, 1.165) is 0 Å². The molecule has 1 amide bonds. The van der Waals surface area contributed by atoms with Gasteiger partial charge in [-0.1, -0.05) is 0 Å². The van der Waals surface area contributed by atoms with Crippen molar-refractivity contribution in [3.8, 4) is 17.2 Å². The quantitative estimate of drug-likeness (QED) is 0.889. The first-order chi connectivity index (χ1) is 11.1. The van der Waals surface area contributed by atoms with Crippen molar-refractivity contribution in [1.29, 1.82) is 0 Å². The van der Waals surface area contributed by atoms with E-state index in [1.54, 1.807) is 18.2 Å². The van der Waals surface area contributed by atoms with Gasteiger partial charge < -0.3 is 19.5 Å². The van der Waals surface area contributed by atoms with Crippen LogP contribution in [0.3, 0.4) is 0 Å². The Morgan fingerprint density at radius 3 is 2.26 bits per heavy atom. The summed E-state index contributed by atoms with van der Waals surface area (Å²) in [6.45, 7) is 0.147. The van der Waals surface area contributed by atoms with E-state index in [4.69, 9.17) is 14.2 Å². The lowest BCUT2D eigenvalue weighted by Gasteiger charge is -2.11. The Kier molecular flexibility index (Phi) is 5.41. The van der Waals surface area contributed by atoms with E-state index in [-0.39, 0.29) is 18.3 Å². The fourth-order valence-electron chi connectivity index (χ4n) is 2.14. The third-order valence-corrected chi connectivity index (χ3v) is 3.33. The molecular formula is C17H18FNO4. The van der Waals surface area contributed by atoms with E-state index < -0.39 is 0 Å². The van der Waals surface area contributed by atoms with Gasteiger partial charge in [0, 0.05) is 17.7 Å². The molecule has 0 spiro atoms. The predicted octanol–water partition coefficient (Wildman–Crippen LogP) is 2.78. The average Bonchev–Trinajstić information content (AvgIpc) is 2.59. The molecule has 0 saturated heterocycles. The molecule has 0 fully saturated rings. The van der Waals surface area contributed by atoms with Gasteiger partial charge in [-0.25, -0.2) is 4.39 Å².